The lowest BCUT2D eigenvalue weighted by atomic mass is 10.1. The van der Waals surface area contributed by atoms with Crippen LogP contribution in [0, 0.1) is 0 Å². The molecule has 0 radical (unpaired) electrons. The lowest BCUT2D eigenvalue weighted by Gasteiger charge is -2.19. The monoisotopic (exact) mass is 207 g/mol. The van der Waals surface area contributed by atoms with Crippen LogP contribution in [0.25, 0.3) is 0 Å². The van der Waals surface area contributed by atoms with Crippen LogP contribution in [0.4, 0.5) is 0 Å². The van der Waals surface area contributed by atoms with Gasteiger partial charge in [-0.05, 0) is 33.4 Å². The molecule has 0 fully saturated rings. The van der Waals surface area contributed by atoms with Crippen LogP contribution in [-0.2, 0) is 0 Å². The highest BCUT2D eigenvalue weighted by Crippen LogP contribution is 2.25. The highest BCUT2D eigenvalue weighted by atomic mass is 16.5. The quantitative estimate of drug-likeness (QED) is 0.801. The van der Waals surface area contributed by atoms with Gasteiger partial charge >= 0.3 is 0 Å². The second kappa shape index (κ2) is 5.76. The predicted octanol–water partition coefficient (Wildman–Crippen LogP) is 3.14. The van der Waals surface area contributed by atoms with Crippen molar-refractivity contribution in [2.75, 3.05) is 7.05 Å². The summed E-state index contributed by atoms with van der Waals surface area (Å²) in [5.41, 5.74) is 1.22. The molecule has 0 saturated heterocycles. The summed E-state index contributed by atoms with van der Waals surface area (Å²) >= 11 is 0. The Kier molecular flexibility index (Phi) is 4.63. The van der Waals surface area contributed by atoms with Gasteiger partial charge in [0.05, 0.1) is 6.10 Å². The van der Waals surface area contributed by atoms with Crippen molar-refractivity contribution in [2.24, 2.45) is 0 Å². The minimum Gasteiger partial charge on any atom is -0.490 e. The summed E-state index contributed by atoms with van der Waals surface area (Å²) in [6, 6.07) is 8.54. The number of nitrogens with one attached hydrogen (secondary N) is 1. The molecule has 0 aliphatic rings. The molecule has 0 aromatic heterocycles. The Hall–Kier alpha value is -1.02. The Labute approximate surface area is 92.6 Å². The molecule has 84 valence electrons. The van der Waals surface area contributed by atoms with E-state index in [1.54, 1.807) is 0 Å². The molecule has 0 spiro atoms. The number of benzene rings is 1. The molecule has 2 atom stereocenters. The summed E-state index contributed by atoms with van der Waals surface area (Å²) in [5, 5.41) is 3.23. The largest absolute Gasteiger partial charge is 0.490 e. The summed E-state index contributed by atoms with van der Waals surface area (Å²) in [5.74, 6) is 0.994. The highest BCUT2D eigenvalue weighted by molar-refractivity contribution is 5.35. The fourth-order valence-electron chi connectivity index (χ4n) is 1.40. The fourth-order valence-corrected chi connectivity index (χ4v) is 1.40. The molecule has 0 heterocycles. The minimum absolute atomic E-state index is 0.273. The van der Waals surface area contributed by atoms with E-state index < -0.39 is 0 Å². The Balaban J connectivity index is 2.86. The third-order valence-electron chi connectivity index (χ3n) is 2.72. The van der Waals surface area contributed by atoms with Gasteiger partial charge in [0, 0.05) is 11.6 Å². The van der Waals surface area contributed by atoms with Gasteiger partial charge in [-0.25, -0.2) is 0 Å². The normalized spacial score (nSPS) is 14.7. The van der Waals surface area contributed by atoms with Crippen molar-refractivity contribution in [3.63, 3.8) is 0 Å². The molecule has 0 aliphatic carbocycles. The maximum Gasteiger partial charge on any atom is 0.124 e. The molecule has 15 heavy (non-hydrogen) atoms. The van der Waals surface area contributed by atoms with Gasteiger partial charge in [0.2, 0.25) is 0 Å². The van der Waals surface area contributed by atoms with Crippen LogP contribution in [0.2, 0.25) is 0 Å². The molecule has 0 unspecified atom stereocenters. The zero-order chi connectivity index (χ0) is 11.3. The van der Waals surface area contributed by atoms with Crippen LogP contribution in [0.5, 0.6) is 5.75 Å². The van der Waals surface area contributed by atoms with E-state index in [1.807, 2.05) is 25.2 Å². The van der Waals surface area contributed by atoms with Crippen LogP contribution in [0.15, 0.2) is 24.3 Å². The first kappa shape index (κ1) is 12.1. The lowest BCUT2D eigenvalue weighted by molar-refractivity contribution is 0.214. The van der Waals surface area contributed by atoms with Gasteiger partial charge in [-0.2, -0.15) is 0 Å². The number of rotatable bonds is 5. The topological polar surface area (TPSA) is 21.3 Å². The van der Waals surface area contributed by atoms with E-state index >= 15 is 0 Å². The molecular formula is C13H21NO. The van der Waals surface area contributed by atoms with Gasteiger partial charge in [0.15, 0.2) is 0 Å². The SMILES string of the molecule is CC[C@@H](C)Oc1ccccc1[C@H](C)NC. The maximum atomic E-state index is 5.88. The van der Waals surface area contributed by atoms with Crippen LogP contribution < -0.4 is 10.1 Å². The molecular weight excluding hydrogens is 186 g/mol. The second-order valence-corrected chi connectivity index (χ2v) is 3.88. The Bertz CT molecular complexity index is 298. The minimum atomic E-state index is 0.273. The van der Waals surface area contributed by atoms with Gasteiger partial charge in [0.1, 0.15) is 5.75 Å². The van der Waals surface area contributed by atoms with Crippen molar-refractivity contribution in [3.8, 4) is 5.75 Å². The Morgan fingerprint density at radius 1 is 1.27 bits per heavy atom. The molecule has 1 aromatic carbocycles. The van der Waals surface area contributed by atoms with Crippen molar-refractivity contribution in [1.82, 2.24) is 5.32 Å². The number of ether oxygens (including phenoxy) is 1. The maximum absolute atomic E-state index is 5.88. The van der Waals surface area contributed by atoms with E-state index in [0.29, 0.717) is 6.04 Å². The van der Waals surface area contributed by atoms with E-state index in [0.717, 1.165) is 12.2 Å². The number of para-hydroxylation sites is 1. The third kappa shape index (κ3) is 3.24. The summed E-state index contributed by atoms with van der Waals surface area (Å²) in [4.78, 5) is 0. The first-order valence-electron chi connectivity index (χ1n) is 5.61. The van der Waals surface area contributed by atoms with Gasteiger partial charge in [-0.15, -0.1) is 0 Å². The summed E-state index contributed by atoms with van der Waals surface area (Å²) in [6.45, 7) is 6.37. The molecule has 0 bridgehead atoms. The van der Waals surface area contributed by atoms with Gasteiger partial charge < -0.3 is 10.1 Å². The van der Waals surface area contributed by atoms with Crippen LogP contribution >= 0.6 is 0 Å². The second-order valence-electron chi connectivity index (χ2n) is 3.88. The third-order valence-corrected chi connectivity index (χ3v) is 2.72. The molecule has 0 aliphatic heterocycles. The van der Waals surface area contributed by atoms with Crippen LogP contribution in [-0.4, -0.2) is 13.2 Å². The van der Waals surface area contributed by atoms with Gasteiger partial charge in [0.25, 0.3) is 0 Å². The fraction of sp³-hybridized carbons (Fsp3) is 0.538. The average Bonchev–Trinajstić information content (AvgIpc) is 2.28. The first-order valence-corrected chi connectivity index (χ1v) is 5.61. The van der Waals surface area contributed by atoms with Crippen LogP contribution in [0.1, 0.15) is 38.8 Å². The summed E-state index contributed by atoms with van der Waals surface area (Å²) in [6.07, 6.45) is 1.30. The van der Waals surface area contributed by atoms with E-state index in [1.165, 1.54) is 5.56 Å². The lowest BCUT2D eigenvalue weighted by Crippen LogP contribution is -2.16. The summed E-state index contributed by atoms with van der Waals surface area (Å²) < 4.78 is 5.88. The molecule has 0 amide bonds. The predicted molar refractivity (Wildman–Crippen MR) is 64.3 cm³/mol. The smallest absolute Gasteiger partial charge is 0.124 e. The molecule has 1 rings (SSSR count). The van der Waals surface area contributed by atoms with Crippen molar-refractivity contribution in [3.05, 3.63) is 29.8 Å². The van der Waals surface area contributed by atoms with Crippen molar-refractivity contribution in [1.29, 1.82) is 0 Å². The molecule has 2 nitrogen and oxygen atoms in total. The van der Waals surface area contributed by atoms with E-state index in [9.17, 15) is 0 Å². The van der Waals surface area contributed by atoms with Crippen molar-refractivity contribution < 1.29 is 4.74 Å². The zero-order valence-electron chi connectivity index (χ0n) is 10.1. The average molecular weight is 207 g/mol. The van der Waals surface area contributed by atoms with E-state index in [-0.39, 0.29) is 6.10 Å². The number of hydrogen-bond acceptors (Lipinski definition) is 2. The van der Waals surface area contributed by atoms with Crippen LogP contribution in [0.3, 0.4) is 0 Å². The molecule has 2 heteroatoms. The highest BCUT2D eigenvalue weighted by Gasteiger charge is 2.10. The standard InChI is InChI=1S/C13H21NO/c1-5-10(2)15-13-9-7-6-8-12(13)11(3)14-4/h6-11,14H,5H2,1-4H3/t10-,11+/m1/s1. The summed E-state index contributed by atoms with van der Waals surface area (Å²) in [7, 11) is 1.96. The van der Waals surface area contributed by atoms with Gasteiger partial charge in [-0.1, -0.05) is 25.1 Å². The molecule has 1 N–H and O–H groups in total. The Morgan fingerprint density at radius 3 is 2.53 bits per heavy atom. The first-order chi connectivity index (χ1) is 7.19. The molecule has 0 saturated carbocycles. The van der Waals surface area contributed by atoms with E-state index in [2.05, 4.69) is 32.2 Å². The van der Waals surface area contributed by atoms with Crippen molar-refractivity contribution in [2.45, 2.75) is 39.3 Å². The van der Waals surface area contributed by atoms with E-state index in [4.69, 9.17) is 4.74 Å². The Morgan fingerprint density at radius 2 is 1.93 bits per heavy atom. The van der Waals surface area contributed by atoms with Crippen molar-refractivity contribution >= 4 is 0 Å². The number of hydrogen-bond donors (Lipinski definition) is 1. The zero-order valence-corrected chi connectivity index (χ0v) is 10.1. The van der Waals surface area contributed by atoms with Gasteiger partial charge in [-0.3, -0.25) is 0 Å². The molecule has 1 aromatic rings.